The minimum Gasteiger partial charge on any atom is -0.362 e. The van der Waals surface area contributed by atoms with Crippen LogP contribution in [-0.4, -0.2) is 43.5 Å². The standard InChI is InChI=1S/C15H20N2O3/c1-3-11-4-6-12(7-5-11)13(16-2)8-17-14(18)9-20-10-15(17)19/h4-7,13,16H,3,8-10H2,1-2H3. The maximum atomic E-state index is 11.7. The molecule has 1 aliphatic rings. The molecule has 0 radical (unpaired) electrons. The van der Waals surface area contributed by atoms with Crippen molar-refractivity contribution in [3.8, 4) is 0 Å². The fourth-order valence-electron chi connectivity index (χ4n) is 2.26. The van der Waals surface area contributed by atoms with Gasteiger partial charge in [-0.25, -0.2) is 0 Å². The van der Waals surface area contributed by atoms with E-state index in [9.17, 15) is 9.59 Å². The Hall–Kier alpha value is -1.72. The van der Waals surface area contributed by atoms with Gasteiger partial charge in [0.15, 0.2) is 0 Å². The average molecular weight is 276 g/mol. The highest BCUT2D eigenvalue weighted by Crippen LogP contribution is 2.17. The van der Waals surface area contributed by atoms with E-state index >= 15 is 0 Å². The lowest BCUT2D eigenvalue weighted by Crippen LogP contribution is -2.49. The molecule has 5 heteroatoms. The van der Waals surface area contributed by atoms with Crippen molar-refractivity contribution in [3.63, 3.8) is 0 Å². The first-order chi connectivity index (χ1) is 9.65. The van der Waals surface area contributed by atoms with Crippen LogP contribution in [0.1, 0.15) is 24.1 Å². The number of imide groups is 1. The fraction of sp³-hybridized carbons (Fsp3) is 0.467. The zero-order valence-corrected chi connectivity index (χ0v) is 11.9. The van der Waals surface area contributed by atoms with Crippen molar-refractivity contribution in [1.29, 1.82) is 0 Å². The predicted octanol–water partition coefficient (Wildman–Crippen LogP) is 0.895. The molecule has 1 aromatic rings. The van der Waals surface area contributed by atoms with Crippen molar-refractivity contribution in [2.24, 2.45) is 0 Å². The maximum Gasteiger partial charge on any atom is 0.255 e. The van der Waals surface area contributed by atoms with Gasteiger partial charge >= 0.3 is 0 Å². The van der Waals surface area contributed by atoms with Crippen LogP contribution < -0.4 is 5.32 Å². The molecule has 1 aromatic carbocycles. The molecule has 1 fully saturated rings. The number of rotatable bonds is 5. The van der Waals surface area contributed by atoms with Crippen molar-refractivity contribution in [3.05, 3.63) is 35.4 Å². The van der Waals surface area contributed by atoms with E-state index in [-0.39, 0.29) is 31.1 Å². The first-order valence-electron chi connectivity index (χ1n) is 6.82. The normalized spacial score (nSPS) is 17.4. The SMILES string of the molecule is CCc1ccc(C(CN2C(=O)COCC2=O)NC)cc1. The molecule has 0 saturated carbocycles. The minimum atomic E-state index is -0.272. The van der Waals surface area contributed by atoms with E-state index < -0.39 is 0 Å². The molecule has 2 rings (SSSR count). The van der Waals surface area contributed by atoms with E-state index in [1.54, 1.807) is 0 Å². The zero-order valence-electron chi connectivity index (χ0n) is 11.9. The van der Waals surface area contributed by atoms with Crippen molar-refractivity contribution in [2.45, 2.75) is 19.4 Å². The van der Waals surface area contributed by atoms with Gasteiger partial charge in [-0.2, -0.15) is 0 Å². The van der Waals surface area contributed by atoms with Crippen molar-refractivity contribution < 1.29 is 14.3 Å². The largest absolute Gasteiger partial charge is 0.362 e. The molecule has 0 aromatic heterocycles. The molecule has 20 heavy (non-hydrogen) atoms. The molecule has 1 saturated heterocycles. The first-order valence-corrected chi connectivity index (χ1v) is 6.82. The lowest BCUT2D eigenvalue weighted by atomic mass is 10.0. The summed E-state index contributed by atoms with van der Waals surface area (Å²) in [6, 6.07) is 8.16. The second-order valence-electron chi connectivity index (χ2n) is 4.83. The van der Waals surface area contributed by atoms with Crippen LogP contribution in [0.25, 0.3) is 0 Å². The summed E-state index contributed by atoms with van der Waals surface area (Å²) in [6.45, 7) is 2.41. The Morgan fingerprint density at radius 3 is 2.30 bits per heavy atom. The summed E-state index contributed by atoms with van der Waals surface area (Å²) in [5, 5.41) is 3.16. The Morgan fingerprint density at radius 2 is 1.80 bits per heavy atom. The quantitative estimate of drug-likeness (QED) is 0.812. The molecule has 0 bridgehead atoms. The molecular formula is C15H20N2O3. The molecule has 108 valence electrons. The van der Waals surface area contributed by atoms with Crippen LogP contribution in [0.15, 0.2) is 24.3 Å². The van der Waals surface area contributed by atoms with Crippen molar-refractivity contribution >= 4 is 11.8 Å². The lowest BCUT2D eigenvalue weighted by molar-refractivity contribution is -0.158. The number of likely N-dealkylation sites (N-methyl/N-ethyl adjacent to an activating group) is 1. The van der Waals surface area contributed by atoms with Gasteiger partial charge in [0.1, 0.15) is 13.2 Å². The average Bonchev–Trinajstić information content (AvgIpc) is 2.47. The second-order valence-corrected chi connectivity index (χ2v) is 4.83. The zero-order chi connectivity index (χ0) is 14.5. The van der Waals surface area contributed by atoms with Crippen LogP contribution >= 0.6 is 0 Å². The Kier molecular flexibility index (Phi) is 4.87. The van der Waals surface area contributed by atoms with E-state index in [0.29, 0.717) is 6.54 Å². The van der Waals surface area contributed by atoms with Crippen LogP contribution in [0.3, 0.4) is 0 Å². The van der Waals surface area contributed by atoms with E-state index in [2.05, 4.69) is 24.4 Å². The molecule has 1 heterocycles. The van der Waals surface area contributed by atoms with Gasteiger partial charge in [0.25, 0.3) is 11.8 Å². The maximum absolute atomic E-state index is 11.7. The highest BCUT2D eigenvalue weighted by atomic mass is 16.5. The Labute approximate surface area is 118 Å². The molecule has 2 amide bonds. The highest BCUT2D eigenvalue weighted by molar-refractivity contribution is 5.98. The van der Waals surface area contributed by atoms with E-state index in [0.717, 1.165) is 12.0 Å². The second kappa shape index (κ2) is 6.63. The van der Waals surface area contributed by atoms with Gasteiger partial charge in [-0.1, -0.05) is 31.2 Å². The van der Waals surface area contributed by atoms with Crippen LogP contribution in [-0.2, 0) is 20.7 Å². The third kappa shape index (κ3) is 3.23. The smallest absolute Gasteiger partial charge is 0.255 e. The third-order valence-electron chi connectivity index (χ3n) is 3.56. The molecule has 1 atom stereocenters. The molecule has 1 unspecified atom stereocenters. The number of nitrogens with zero attached hydrogens (tertiary/aromatic N) is 1. The van der Waals surface area contributed by atoms with E-state index in [1.165, 1.54) is 10.5 Å². The van der Waals surface area contributed by atoms with Crippen molar-refractivity contribution in [2.75, 3.05) is 26.8 Å². The summed E-state index contributed by atoms with van der Waals surface area (Å²) in [5.74, 6) is -0.543. The summed E-state index contributed by atoms with van der Waals surface area (Å²) in [4.78, 5) is 24.8. The van der Waals surface area contributed by atoms with E-state index in [1.807, 2.05) is 19.2 Å². The van der Waals surface area contributed by atoms with Gasteiger partial charge in [0.2, 0.25) is 0 Å². The van der Waals surface area contributed by atoms with Crippen LogP contribution in [0.2, 0.25) is 0 Å². The van der Waals surface area contributed by atoms with Gasteiger partial charge in [0, 0.05) is 6.54 Å². The van der Waals surface area contributed by atoms with Crippen molar-refractivity contribution in [1.82, 2.24) is 10.2 Å². The summed E-state index contributed by atoms with van der Waals surface area (Å²) in [5.41, 5.74) is 2.33. The van der Waals surface area contributed by atoms with Gasteiger partial charge < -0.3 is 10.1 Å². The number of amides is 2. The molecule has 0 aliphatic carbocycles. The molecule has 1 N–H and O–H groups in total. The monoisotopic (exact) mass is 276 g/mol. The molecule has 1 aliphatic heterocycles. The number of carbonyl (C=O) groups is 2. The topological polar surface area (TPSA) is 58.6 Å². The van der Waals surface area contributed by atoms with Gasteiger partial charge in [-0.05, 0) is 24.6 Å². The number of ether oxygens (including phenoxy) is 1. The number of hydrogen-bond donors (Lipinski definition) is 1. The molecule has 0 spiro atoms. The summed E-state index contributed by atoms with van der Waals surface area (Å²) >= 11 is 0. The van der Waals surface area contributed by atoms with Crippen LogP contribution in [0, 0.1) is 0 Å². The molecular weight excluding hydrogens is 256 g/mol. The third-order valence-corrected chi connectivity index (χ3v) is 3.56. The fourth-order valence-corrected chi connectivity index (χ4v) is 2.26. The Balaban J connectivity index is 2.11. The predicted molar refractivity (Wildman–Crippen MR) is 75.2 cm³/mol. The van der Waals surface area contributed by atoms with Gasteiger partial charge in [0.05, 0.1) is 6.04 Å². The number of carbonyl (C=O) groups excluding carboxylic acids is 2. The summed E-state index contributed by atoms with van der Waals surface area (Å²) in [6.07, 6.45) is 0.991. The minimum absolute atomic E-state index is 0.0169. The van der Waals surface area contributed by atoms with E-state index in [4.69, 9.17) is 4.74 Å². The van der Waals surface area contributed by atoms with Crippen LogP contribution in [0.5, 0.6) is 0 Å². The number of morpholine rings is 1. The van der Waals surface area contributed by atoms with Gasteiger partial charge in [-0.15, -0.1) is 0 Å². The lowest BCUT2D eigenvalue weighted by Gasteiger charge is -2.29. The van der Waals surface area contributed by atoms with Gasteiger partial charge in [-0.3, -0.25) is 14.5 Å². The number of benzene rings is 1. The number of hydrogen-bond acceptors (Lipinski definition) is 4. The van der Waals surface area contributed by atoms with Crippen LogP contribution in [0.4, 0.5) is 0 Å². The number of nitrogens with one attached hydrogen (secondary N) is 1. The molecule has 5 nitrogen and oxygen atoms in total. The Bertz CT molecular complexity index is 468. The summed E-state index contributed by atoms with van der Waals surface area (Å²) in [7, 11) is 1.83. The Morgan fingerprint density at radius 1 is 1.20 bits per heavy atom. The highest BCUT2D eigenvalue weighted by Gasteiger charge is 2.28. The number of aryl methyl sites for hydroxylation is 1. The first kappa shape index (κ1) is 14.7. The summed E-state index contributed by atoms with van der Waals surface area (Å²) < 4.78 is 4.91.